The molecule has 1 N–H and O–H groups in total. The van der Waals surface area contributed by atoms with Crippen molar-refractivity contribution in [2.24, 2.45) is 0 Å². The quantitative estimate of drug-likeness (QED) is 0.846. The third-order valence-corrected chi connectivity index (χ3v) is 5.82. The van der Waals surface area contributed by atoms with Crippen molar-refractivity contribution in [3.05, 3.63) is 71.3 Å². The number of carbonyl (C=O) groups is 3. The summed E-state index contributed by atoms with van der Waals surface area (Å²) in [5.74, 6) is -1.16. The van der Waals surface area contributed by atoms with Crippen LogP contribution in [0.2, 0.25) is 0 Å². The Morgan fingerprint density at radius 2 is 1.62 bits per heavy atom. The van der Waals surface area contributed by atoms with Crippen LogP contribution < -0.4 is 0 Å². The molecule has 0 bridgehead atoms. The van der Waals surface area contributed by atoms with Gasteiger partial charge in [-0.15, -0.1) is 0 Å². The van der Waals surface area contributed by atoms with E-state index in [4.69, 9.17) is 0 Å². The van der Waals surface area contributed by atoms with Gasteiger partial charge < -0.3 is 14.9 Å². The van der Waals surface area contributed by atoms with Gasteiger partial charge in [-0.05, 0) is 43.5 Å². The highest BCUT2D eigenvalue weighted by Gasteiger charge is 2.43. The summed E-state index contributed by atoms with van der Waals surface area (Å²) in [6.07, 6.45) is 0.713. The Balaban J connectivity index is 1.77. The molecule has 2 aromatic carbocycles. The molecule has 1 heterocycles. The number of benzene rings is 2. The van der Waals surface area contributed by atoms with E-state index in [0.717, 1.165) is 5.56 Å². The smallest absolute Gasteiger partial charge is 0.314 e. The number of nitrogens with zero attached hydrogens (tertiary/aromatic N) is 2. The highest BCUT2D eigenvalue weighted by Crippen LogP contribution is 2.36. The van der Waals surface area contributed by atoms with Crippen LogP contribution in [0.1, 0.15) is 46.0 Å². The maximum atomic E-state index is 13.0. The summed E-state index contributed by atoms with van der Waals surface area (Å²) in [5, 5.41) is 9.91. The summed E-state index contributed by atoms with van der Waals surface area (Å²) in [5.41, 5.74) is 0.721. The largest absolute Gasteiger partial charge is 0.481 e. The molecule has 0 aliphatic carbocycles. The molecule has 1 aliphatic rings. The first-order chi connectivity index (χ1) is 13.9. The van der Waals surface area contributed by atoms with Crippen LogP contribution in [0.5, 0.6) is 0 Å². The minimum Gasteiger partial charge on any atom is -0.481 e. The minimum atomic E-state index is -0.973. The normalized spacial score (nSPS) is 15.6. The Morgan fingerprint density at radius 1 is 1.00 bits per heavy atom. The minimum absolute atomic E-state index is 0.130. The lowest BCUT2D eigenvalue weighted by molar-refractivity contribution is -0.145. The molecule has 29 heavy (non-hydrogen) atoms. The van der Waals surface area contributed by atoms with Crippen molar-refractivity contribution < 1.29 is 19.5 Å². The number of carbonyl (C=O) groups excluding carboxylic acids is 2. The lowest BCUT2D eigenvalue weighted by Gasteiger charge is -2.39. The number of hydrogen-bond donors (Lipinski definition) is 1. The molecule has 0 radical (unpaired) electrons. The van der Waals surface area contributed by atoms with Gasteiger partial charge in [-0.3, -0.25) is 14.4 Å². The lowest BCUT2D eigenvalue weighted by Crippen LogP contribution is -2.49. The molecule has 1 saturated heterocycles. The summed E-state index contributed by atoms with van der Waals surface area (Å²) in [4.78, 5) is 40.7. The zero-order chi connectivity index (χ0) is 21.0. The number of piperidine rings is 1. The second kappa shape index (κ2) is 8.47. The summed E-state index contributed by atoms with van der Waals surface area (Å²) >= 11 is 0. The van der Waals surface area contributed by atoms with Gasteiger partial charge in [0.25, 0.3) is 11.8 Å². The standard InChI is InChI=1S/C23H26N2O4/c1-3-24(2)20(26)17-8-7-9-18(16-17)21(27)25-14-12-23(13-15-25,22(28)29)19-10-5-4-6-11-19/h4-11,16H,3,12-15H2,1-2H3,(H,28,29). The molecule has 6 nitrogen and oxygen atoms in total. The maximum Gasteiger partial charge on any atom is 0.314 e. The maximum absolute atomic E-state index is 13.0. The van der Waals surface area contributed by atoms with Gasteiger partial charge in [0, 0.05) is 37.8 Å². The molecule has 0 saturated carbocycles. The Hall–Kier alpha value is -3.15. The van der Waals surface area contributed by atoms with Gasteiger partial charge in [-0.1, -0.05) is 36.4 Å². The lowest BCUT2D eigenvalue weighted by atomic mass is 9.72. The Labute approximate surface area is 170 Å². The van der Waals surface area contributed by atoms with Crippen molar-refractivity contribution in [2.45, 2.75) is 25.2 Å². The molecule has 0 spiro atoms. The van der Waals surface area contributed by atoms with E-state index < -0.39 is 11.4 Å². The van der Waals surface area contributed by atoms with Crippen LogP contribution in [0, 0.1) is 0 Å². The highest BCUT2D eigenvalue weighted by atomic mass is 16.4. The van der Waals surface area contributed by atoms with Gasteiger partial charge in [0.2, 0.25) is 0 Å². The zero-order valence-electron chi connectivity index (χ0n) is 16.8. The molecule has 1 aliphatic heterocycles. The first-order valence-corrected chi connectivity index (χ1v) is 9.83. The van der Waals surface area contributed by atoms with E-state index >= 15 is 0 Å². The second-order valence-corrected chi connectivity index (χ2v) is 7.45. The van der Waals surface area contributed by atoms with Crippen LogP contribution in [-0.4, -0.2) is 59.4 Å². The van der Waals surface area contributed by atoms with Gasteiger partial charge in [-0.2, -0.15) is 0 Å². The monoisotopic (exact) mass is 394 g/mol. The number of carboxylic acids is 1. The van der Waals surface area contributed by atoms with Gasteiger partial charge in [0.1, 0.15) is 0 Å². The van der Waals surface area contributed by atoms with Gasteiger partial charge in [0.15, 0.2) is 0 Å². The summed E-state index contributed by atoms with van der Waals surface area (Å²) in [6.45, 7) is 3.18. The second-order valence-electron chi connectivity index (χ2n) is 7.45. The fourth-order valence-electron chi connectivity index (χ4n) is 3.81. The highest BCUT2D eigenvalue weighted by molar-refractivity contribution is 5.99. The van der Waals surface area contributed by atoms with Crippen molar-refractivity contribution in [2.75, 3.05) is 26.7 Å². The van der Waals surface area contributed by atoms with E-state index in [-0.39, 0.29) is 11.8 Å². The molecule has 0 atom stereocenters. The number of carboxylic acid groups (broad SMARTS) is 1. The van der Waals surface area contributed by atoms with Crippen molar-refractivity contribution in [3.63, 3.8) is 0 Å². The number of likely N-dealkylation sites (tertiary alicyclic amines) is 1. The molecule has 6 heteroatoms. The van der Waals surface area contributed by atoms with Crippen molar-refractivity contribution in [3.8, 4) is 0 Å². The average molecular weight is 394 g/mol. The van der Waals surface area contributed by atoms with Crippen molar-refractivity contribution >= 4 is 17.8 Å². The molecule has 3 rings (SSSR count). The van der Waals surface area contributed by atoms with Gasteiger partial charge in [0.05, 0.1) is 5.41 Å². The predicted molar refractivity (Wildman–Crippen MR) is 110 cm³/mol. The van der Waals surface area contributed by atoms with E-state index in [1.807, 2.05) is 37.3 Å². The van der Waals surface area contributed by atoms with Crippen molar-refractivity contribution in [1.29, 1.82) is 0 Å². The SMILES string of the molecule is CCN(C)C(=O)c1cccc(C(=O)N2CCC(C(=O)O)(c3ccccc3)CC2)c1. The summed E-state index contributed by atoms with van der Waals surface area (Å²) in [7, 11) is 1.72. The van der Waals surface area contributed by atoms with E-state index in [1.54, 1.807) is 41.1 Å². The van der Waals surface area contributed by atoms with Crippen LogP contribution in [0.4, 0.5) is 0 Å². The molecular formula is C23H26N2O4. The number of amides is 2. The van der Waals surface area contributed by atoms with Crippen LogP contribution >= 0.6 is 0 Å². The Kier molecular flexibility index (Phi) is 6.01. The molecule has 2 amide bonds. The molecule has 152 valence electrons. The van der Waals surface area contributed by atoms with Crippen LogP contribution in [0.3, 0.4) is 0 Å². The van der Waals surface area contributed by atoms with E-state index in [9.17, 15) is 19.5 Å². The van der Waals surface area contributed by atoms with Crippen LogP contribution in [0.25, 0.3) is 0 Å². The number of aliphatic carboxylic acids is 1. The van der Waals surface area contributed by atoms with Gasteiger partial charge in [-0.25, -0.2) is 0 Å². The van der Waals surface area contributed by atoms with E-state index in [1.165, 1.54) is 0 Å². The average Bonchev–Trinajstić information content (AvgIpc) is 2.78. The fraction of sp³-hybridized carbons (Fsp3) is 0.348. The predicted octanol–water partition coefficient (Wildman–Crippen LogP) is 3.04. The molecule has 0 unspecified atom stereocenters. The van der Waals surface area contributed by atoms with Crippen LogP contribution in [0.15, 0.2) is 54.6 Å². The molecule has 1 fully saturated rings. The third-order valence-electron chi connectivity index (χ3n) is 5.82. The first kappa shape index (κ1) is 20.6. The Bertz CT molecular complexity index is 902. The van der Waals surface area contributed by atoms with Crippen molar-refractivity contribution in [1.82, 2.24) is 9.80 Å². The van der Waals surface area contributed by atoms with E-state index in [0.29, 0.717) is 43.6 Å². The van der Waals surface area contributed by atoms with E-state index in [2.05, 4.69) is 0 Å². The summed E-state index contributed by atoms with van der Waals surface area (Å²) in [6, 6.07) is 15.9. The van der Waals surface area contributed by atoms with Crippen LogP contribution in [-0.2, 0) is 10.2 Å². The molecule has 2 aromatic rings. The molecular weight excluding hydrogens is 368 g/mol. The number of hydrogen-bond acceptors (Lipinski definition) is 3. The summed E-state index contributed by atoms with van der Waals surface area (Å²) < 4.78 is 0. The topological polar surface area (TPSA) is 77.9 Å². The zero-order valence-corrected chi connectivity index (χ0v) is 16.8. The molecule has 0 aromatic heterocycles. The fourth-order valence-corrected chi connectivity index (χ4v) is 3.81. The first-order valence-electron chi connectivity index (χ1n) is 9.83. The Morgan fingerprint density at radius 3 is 2.21 bits per heavy atom. The van der Waals surface area contributed by atoms with Gasteiger partial charge >= 0.3 is 5.97 Å². The third kappa shape index (κ3) is 4.01. The number of rotatable bonds is 5.